The molecule has 0 aliphatic carbocycles. The molecule has 3 N–H and O–H groups in total. The van der Waals surface area contributed by atoms with E-state index in [0.29, 0.717) is 0 Å². The zero-order valence-corrected chi connectivity index (χ0v) is 18.1. The van der Waals surface area contributed by atoms with Gasteiger partial charge in [-0.05, 0) is 44.0 Å². The van der Waals surface area contributed by atoms with Gasteiger partial charge in [0.2, 0.25) is 5.91 Å². The maximum Gasteiger partial charge on any atom is 0.266 e. The minimum atomic E-state index is -2.84. The average Bonchev–Trinajstić information content (AvgIpc) is 3.28. The van der Waals surface area contributed by atoms with Crippen LogP contribution < -0.4 is 16.0 Å². The highest BCUT2D eigenvalue weighted by Crippen LogP contribution is 2.32. The maximum atomic E-state index is 14.5. The Hall–Kier alpha value is -3.29. The topological polar surface area (TPSA) is 71.2 Å². The smallest absolute Gasteiger partial charge is 0.266 e. The molecule has 8 heteroatoms. The SMILES string of the molecule is CC(N)=O.C[C@@H](Nc1ccnc2ccc(N3CCCC3)cc12)c1cccc(C(F)F)c1F. The fraction of sp³-hybridized carbons (Fsp3) is 0.333. The molecule has 1 saturated heterocycles. The van der Waals surface area contributed by atoms with Crippen LogP contribution >= 0.6 is 0 Å². The van der Waals surface area contributed by atoms with Crippen LogP contribution in [-0.2, 0) is 4.79 Å². The predicted molar refractivity (Wildman–Crippen MR) is 121 cm³/mol. The number of amides is 1. The molecule has 5 nitrogen and oxygen atoms in total. The van der Waals surface area contributed by atoms with Crippen LogP contribution in [0.5, 0.6) is 0 Å². The number of carbonyl (C=O) groups excluding carboxylic acids is 1. The number of hydrogen-bond donors (Lipinski definition) is 2. The number of hydrogen-bond acceptors (Lipinski definition) is 4. The Bertz CT molecular complexity index is 1080. The summed E-state index contributed by atoms with van der Waals surface area (Å²) in [6.45, 7) is 5.15. The lowest BCUT2D eigenvalue weighted by molar-refractivity contribution is -0.115. The van der Waals surface area contributed by atoms with Gasteiger partial charge in [0, 0.05) is 48.5 Å². The van der Waals surface area contributed by atoms with E-state index in [9.17, 15) is 18.0 Å². The highest BCUT2D eigenvalue weighted by molar-refractivity contribution is 5.93. The molecule has 0 bridgehead atoms. The van der Waals surface area contributed by atoms with E-state index in [0.717, 1.165) is 41.4 Å². The van der Waals surface area contributed by atoms with Crippen molar-refractivity contribution in [3.8, 4) is 0 Å². The van der Waals surface area contributed by atoms with E-state index in [1.807, 2.05) is 12.1 Å². The average molecular weight is 445 g/mol. The summed E-state index contributed by atoms with van der Waals surface area (Å²) < 4.78 is 40.6. The van der Waals surface area contributed by atoms with Crippen molar-refractivity contribution in [2.75, 3.05) is 23.3 Å². The molecule has 2 heterocycles. The second kappa shape index (κ2) is 10.3. The van der Waals surface area contributed by atoms with Crippen LogP contribution in [0.25, 0.3) is 10.9 Å². The fourth-order valence-electron chi connectivity index (χ4n) is 3.81. The van der Waals surface area contributed by atoms with Gasteiger partial charge in [-0.1, -0.05) is 18.2 Å². The standard InChI is InChI=1S/C22H22F3N3.C2H5NO/c1-14(16-5-4-6-17(21(16)23)22(24)25)27-20-9-10-26-19-8-7-15(13-18(19)20)28-11-2-3-12-28;1-2(3)4/h4-10,13-14,22H,2-3,11-12H2,1H3,(H,26,27);1H3,(H2,3,4)/t14-;/m1./s1. The van der Waals surface area contributed by atoms with E-state index in [1.54, 1.807) is 13.1 Å². The van der Waals surface area contributed by atoms with Crippen LogP contribution in [0.3, 0.4) is 0 Å². The Morgan fingerprint density at radius 1 is 1.12 bits per heavy atom. The van der Waals surface area contributed by atoms with Crippen molar-refractivity contribution in [2.45, 2.75) is 39.2 Å². The molecule has 1 aliphatic heterocycles. The van der Waals surface area contributed by atoms with Crippen LogP contribution in [0.1, 0.15) is 50.3 Å². The first-order valence-corrected chi connectivity index (χ1v) is 10.5. The molecular weight excluding hydrogens is 417 g/mol. The minimum absolute atomic E-state index is 0.221. The van der Waals surface area contributed by atoms with Gasteiger partial charge in [0.15, 0.2) is 0 Å². The summed E-state index contributed by atoms with van der Waals surface area (Å²) in [5, 5.41) is 4.22. The summed E-state index contributed by atoms with van der Waals surface area (Å²) in [5.74, 6) is -1.19. The van der Waals surface area contributed by atoms with Gasteiger partial charge in [0.25, 0.3) is 6.43 Å². The summed E-state index contributed by atoms with van der Waals surface area (Å²) in [6, 6.07) is 11.6. The number of halogens is 3. The largest absolute Gasteiger partial charge is 0.378 e. The maximum absolute atomic E-state index is 14.5. The van der Waals surface area contributed by atoms with Gasteiger partial charge in [-0.15, -0.1) is 0 Å². The minimum Gasteiger partial charge on any atom is -0.378 e. The fourth-order valence-corrected chi connectivity index (χ4v) is 3.81. The second-order valence-electron chi connectivity index (χ2n) is 7.78. The van der Waals surface area contributed by atoms with Gasteiger partial charge >= 0.3 is 0 Å². The Morgan fingerprint density at radius 2 is 1.78 bits per heavy atom. The Balaban J connectivity index is 0.000000668. The van der Waals surface area contributed by atoms with Gasteiger partial charge in [-0.2, -0.15) is 0 Å². The summed E-state index contributed by atoms with van der Waals surface area (Å²) in [4.78, 5) is 16.0. The first-order chi connectivity index (χ1) is 15.3. The molecule has 1 fully saturated rings. The van der Waals surface area contributed by atoms with E-state index in [4.69, 9.17) is 0 Å². The van der Waals surface area contributed by atoms with Crippen molar-refractivity contribution in [3.63, 3.8) is 0 Å². The number of nitrogens with zero attached hydrogens (tertiary/aromatic N) is 2. The Kier molecular flexibility index (Phi) is 7.56. The van der Waals surface area contributed by atoms with Gasteiger partial charge in [-0.25, -0.2) is 13.2 Å². The zero-order valence-electron chi connectivity index (χ0n) is 18.1. The van der Waals surface area contributed by atoms with Crippen molar-refractivity contribution < 1.29 is 18.0 Å². The van der Waals surface area contributed by atoms with Crippen molar-refractivity contribution in [2.24, 2.45) is 5.73 Å². The first-order valence-electron chi connectivity index (χ1n) is 10.5. The molecule has 1 amide bonds. The molecule has 32 heavy (non-hydrogen) atoms. The lowest BCUT2D eigenvalue weighted by Crippen LogP contribution is -2.17. The molecule has 4 rings (SSSR count). The zero-order chi connectivity index (χ0) is 23.3. The molecule has 0 radical (unpaired) electrons. The van der Waals surface area contributed by atoms with E-state index < -0.39 is 23.8 Å². The normalized spacial score (nSPS) is 14.2. The van der Waals surface area contributed by atoms with Crippen molar-refractivity contribution in [3.05, 3.63) is 65.6 Å². The Labute approximate surface area is 185 Å². The number of carbonyl (C=O) groups is 1. The molecule has 0 spiro atoms. The summed E-state index contributed by atoms with van der Waals surface area (Å²) in [5.41, 5.74) is 6.91. The van der Waals surface area contributed by atoms with Crippen LogP contribution in [0.15, 0.2) is 48.7 Å². The number of pyridine rings is 1. The van der Waals surface area contributed by atoms with E-state index >= 15 is 0 Å². The van der Waals surface area contributed by atoms with E-state index in [-0.39, 0.29) is 11.5 Å². The number of rotatable bonds is 5. The number of aromatic nitrogens is 1. The quantitative estimate of drug-likeness (QED) is 0.539. The number of primary amides is 1. The monoisotopic (exact) mass is 444 g/mol. The number of alkyl halides is 2. The van der Waals surface area contributed by atoms with Crippen LogP contribution in [0.4, 0.5) is 24.5 Å². The number of fused-ring (bicyclic) bond motifs is 1. The third-order valence-corrected chi connectivity index (χ3v) is 5.33. The van der Waals surface area contributed by atoms with Crippen LogP contribution in [0.2, 0.25) is 0 Å². The number of nitrogens with two attached hydrogens (primary N) is 1. The number of anilines is 2. The van der Waals surface area contributed by atoms with Crippen molar-refractivity contribution >= 4 is 28.2 Å². The molecule has 1 aromatic heterocycles. The second-order valence-corrected chi connectivity index (χ2v) is 7.78. The molecule has 3 aromatic rings. The molecule has 0 unspecified atom stereocenters. The third kappa shape index (κ3) is 5.49. The van der Waals surface area contributed by atoms with Crippen molar-refractivity contribution in [1.82, 2.24) is 4.98 Å². The molecule has 0 saturated carbocycles. The van der Waals surface area contributed by atoms with E-state index in [2.05, 4.69) is 33.1 Å². The van der Waals surface area contributed by atoms with Gasteiger partial charge in [0.1, 0.15) is 5.82 Å². The molecule has 170 valence electrons. The lowest BCUT2D eigenvalue weighted by Gasteiger charge is -2.21. The van der Waals surface area contributed by atoms with Crippen molar-refractivity contribution in [1.29, 1.82) is 0 Å². The Morgan fingerprint density at radius 3 is 2.44 bits per heavy atom. The van der Waals surface area contributed by atoms with Crippen LogP contribution in [-0.4, -0.2) is 24.0 Å². The van der Waals surface area contributed by atoms with E-state index in [1.165, 1.54) is 31.9 Å². The predicted octanol–water partition coefficient (Wildman–Crippen LogP) is 5.58. The summed E-state index contributed by atoms with van der Waals surface area (Å²) in [7, 11) is 0. The molecule has 2 aromatic carbocycles. The van der Waals surface area contributed by atoms with Crippen LogP contribution in [0, 0.1) is 5.82 Å². The highest BCUT2D eigenvalue weighted by atomic mass is 19.3. The lowest BCUT2D eigenvalue weighted by atomic mass is 10.0. The summed E-state index contributed by atoms with van der Waals surface area (Å²) >= 11 is 0. The first kappa shape index (κ1) is 23.4. The third-order valence-electron chi connectivity index (χ3n) is 5.33. The number of benzene rings is 2. The van der Waals surface area contributed by atoms with Gasteiger partial charge in [0.05, 0.1) is 17.1 Å². The summed E-state index contributed by atoms with van der Waals surface area (Å²) in [6.07, 6.45) is 1.23. The van der Waals surface area contributed by atoms with Gasteiger partial charge in [-0.3, -0.25) is 9.78 Å². The molecule has 1 atom stereocenters. The molecule has 1 aliphatic rings. The molecular formula is C24H27F3N4O. The highest BCUT2D eigenvalue weighted by Gasteiger charge is 2.20. The number of nitrogens with one attached hydrogen (secondary N) is 1. The van der Waals surface area contributed by atoms with Gasteiger partial charge < -0.3 is 16.0 Å².